The fraction of sp³-hybridized carbons (Fsp3) is 0.450. The van der Waals surface area contributed by atoms with Crippen molar-refractivity contribution in [3.8, 4) is 0 Å². The lowest BCUT2D eigenvalue weighted by Gasteiger charge is -2.22. The van der Waals surface area contributed by atoms with E-state index in [4.69, 9.17) is 4.98 Å². The minimum Gasteiger partial charge on any atom is -0.361 e. The van der Waals surface area contributed by atoms with E-state index in [1.807, 2.05) is 56.3 Å². The molecular weight excluding hydrogens is 326 g/mol. The van der Waals surface area contributed by atoms with Crippen LogP contribution in [-0.4, -0.2) is 43.1 Å². The van der Waals surface area contributed by atoms with Gasteiger partial charge in [-0.1, -0.05) is 37.3 Å². The molecule has 1 fully saturated rings. The van der Waals surface area contributed by atoms with Crippen LogP contribution in [0.3, 0.4) is 0 Å². The van der Waals surface area contributed by atoms with E-state index < -0.39 is 0 Å². The molecule has 0 saturated carbocycles. The number of benzene rings is 1. The maximum absolute atomic E-state index is 12.9. The lowest BCUT2D eigenvalue weighted by Crippen LogP contribution is -2.25. The molecule has 6 nitrogen and oxygen atoms in total. The maximum atomic E-state index is 12.9. The Kier molecular flexibility index (Phi) is 5.71. The molecule has 138 valence electrons. The largest absolute Gasteiger partial charge is 0.361 e. The Labute approximate surface area is 155 Å². The maximum Gasteiger partial charge on any atom is 0.232 e. The van der Waals surface area contributed by atoms with Crippen LogP contribution in [0.4, 0.5) is 17.5 Å². The van der Waals surface area contributed by atoms with Crippen molar-refractivity contribution in [2.75, 3.05) is 42.3 Å². The minimum absolute atomic E-state index is 0.0284. The Morgan fingerprint density at radius 3 is 2.54 bits per heavy atom. The fourth-order valence-corrected chi connectivity index (χ4v) is 3.34. The molecule has 1 aromatic heterocycles. The van der Waals surface area contributed by atoms with Gasteiger partial charge in [-0.25, -0.2) is 4.98 Å². The van der Waals surface area contributed by atoms with Gasteiger partial charge in [-0.05, 0) is 24.8 Å². The summed E-state index contributed by atoms with van der Waals surface area (Å²) in [7, 11) is 3.86. The van der Waals surface area contributed by atoms with Gasteiger partial charge in [-0.3, -0.25) is 4.79 Å². The molecule has 0 unspecified atom stereocenters. The second kappa shape index (κ2) is 8.17. The van der Waals surface area contributed by atoms with Gasteiger partial charge >= 0.3 is 0 Å². The van der Waals surface area contributed by atoms with Crippen LogP contribution in [0.5, 0.6) is 0 Å². The first kappa shape index (κ1) is 18.2. The zero-order chi connectivity index (χ0) is 18.5. The molecule has 1 amide bonds. The summed E-state index contributed by atoms with van der Waals surface area (Å²) in [5.41, 5.74) is 1.67. The Morgan fingerprint density at radius 1 is 1.23 bits per heavy atom. The molecule has 0 radical (unpaired) electrons. The number of rotatable bonds is 6. The van der Waals surface area contributed by atoms with Crippen molar-refractivity contribution in [2.45, 2.75) is 32.1 Å². The standard InChI is InChI=1S/C20H27N5O/c1-4-16(15-10-6-5-7-11-15)19(26)22-17-14-21-20(23-18(17)24(2)3)25-12-8-9-13-25/h5-7,10-11,14,16H,4,8-9,12-13H2,1-3H3,(H,22,26)/t16-/m0/s1. The summed E-state index contributed by atoms with van der Waals surface area (Å²) in [5, 5.41) is 3.04. The molecule has 0 bridgehead atoms. The van der Waals surface area contributed by atoms with Gasteiger partial charge in [0.05, 0.1) is 12.1 Å². The predicted octanol–water partition coefficient (Wildman–Crippen LogP) is 3.28. The molecule has 1 N–H and O–H groups in total. The summed E-state index contributed by atoms with van der Waals surface area (Å²) >= 11 is 0. The first-order valence-electron chi connectivity index (χ1n) is 9.25. The molecule has 1 atom stereocenters. The number of hydrogen-bond donors (Lipinski definition) is 1. The third kappa shape index (κ3) is 3.95. The van der Waals surface area contributed by atoms with E-state index in [1.54, 1.807) is 6.20 Å². The highest BCUT2D eigenvalue weighted by Gasteiger charge is 2.22. The number of hydrogen-bond acceptors (Lipinski definition) is 5. The number of carbonyl (C=O) groups is 1. The summed E-state index contributed by atoms with van der Waals surface area (Å²) in [5.74, 6) is 1.25. The molecule has 2 aromatic rings. The normalized spacial score (nSPS) is 15.0. The van der Waals surface area contributed by atoms with Crippen LogP contribution < -0.4 is 15.1 Å². The van der Waals surface area contributed by atoms with Crippen molar-refractivity contribution in [3.05, 3.63) is 42.1 Å². The lowest BCUT2D eigenvalue weighted by atomic mass is 9.95. The van der Waals surface area contributed by atoms with Crippen molar-refractivity contribution in [2.24, 2.45) is 0 Å². The van der Waals surface area contributed by atoms with Gasteiger partial charge in [0.1, 0.15) is 5.69 Å². The average molecular weight is 353 g/mol. The molecule has 1 aliphatic heterocycles. The molecule has 1 aromatic carbocycles. The number of nitrogens with zero attached hydrogens (tertiary/aromatic N) is 4. The quantitative estimate of drug-likeness (QED) is 0.863. The van der Waals surface area contributed by atoms with Crippen LogP contribution in [0.1, 0.15) is 37.7 Å². The van der Waals surface area contributed by atoms with Crippen LogP contribution in [0.25, 0.3) is 0 Å². The van der Waals surface area contributed by atoms with Gasteiger partial charge in [0.2, 0.25) is 11.9 Å². The number of nitrogens with one attached hydrogen (secondary N) is 1. The van der Waals surface area contributed by atoms with Gasteiger partial charge in [-0.2, -0.15) is 4.98 Å². The van der Waals surface area contributed by atoms with E-state index in [0.717, 1.165) is 36.8 Å². The van der Waals surface area contributed by atoms with Crippen LogP contribution in [0, 0.1) is 0 Å². The van der Waals surface area contributed by atoms with Crippen LogP contribution in [0.2, 0.25) is 0 Å². The minimum atomic E-state index is -0.190. The summed E-state index contributed by atoms with van der Waals surface area (Å²) in [6.07, 6.45) is 4.81. The predicted molar refractivity (Wildman–Crippen MR) is 106 cm³/mol. The topological polar surface area (TPSA) is 61.4 Å². The second-order valence-corrected chi connectivity index (χ2v) is 6.86. The van der Waals surface area contributed by atoms with Crippen LogP contribution in [0.15, 0.2) is 36.5 Å². The smallest absolute Gasteiger partial charge is 0.232 e. The van der Waals surface area contributed by atoms with Gasteiger partial charge in [0.25, 0.3) is 0 Å². The summed E-state index contributed by atoms with van der Waals surface area (Å²) in [6.45, 7) is 4.01. The van der Waals surface area contributed by atoms with E-state index >= 15 is 0 Å². The van der Waals surface area contributed by atoms with Crippen LogP contribution in [-0.2, 0) is 4.79 Å². The summed E-state index contributed by atoms with van der Waals surface area (Å²) in [4.78, 5) is 26.2. The monoisotopic (exact) mass is 353 g/mol. The molecule has 26 heavy (non-hydrogen) atoms. The Balaban J connectivity index is 1.82. The molecule has 3 rings (SSSR count). The van der Waals surface area contributed by atoms with Crippen molar-refractivity contribution in [3.63, 3.8) is 0 Å². The summed E-state index contributed by atoms with van der Waals surface area (Å²) < 4.78 is 0. The summed E-state index contributed by atoms with van der Waals surface area (Å²) in [6, 6.07) is 9.87. The van der Waals surface area contributed by atoms with E-state index in [9.17, 15) is 4.79 Å². The molecule has 6 heteroatoms. The van der Waals surface area contributed by atoms with Crippen molar-refractivity contribution < 1.29 is 4.79 Å². The fourth-order valence-electron chi connectivity index (χ4n) is 3.34. The van der Waals surface area contributed by atoms with Crippen LogP contribution >= 0.6 is 0 Å². The zero-order valence-electron chi connectivity index (χ0n) is 15.8. The van der Waals surface area contributed by atoms with Gasteiger partial charge in [0.15, 0.2) is 5.82 Å². The third-order valence-corrected chi connectivity index (χ3v) is 4.75. The Hall–Kier alpha value is -2.63. The highest BCUT2D eigenvalue weighted by molar-refractivity contribution is 5.97. The third-order valence-electron chi connectivity index (χ3n) is 4.75. The van der Waals surface area contributed by atoms with Gasteiger partial charge < -0.3 is 15.1 Å². The number of aromatic nitrogens is 2. The first-order chi connectivity index (χ1) is 12.6. The number of amides is 1. The van der Waals surface area contributed by atoms with Crippen molar-refractivity contribution in [1.29, 1.82) is 0 Å². The van der Waals surface area contributed by atoms with Crippen molar-refractivity contribution >= 4 is 23.4 Å². The molecule has 1 aliphatic rings. The molecular formula is C20H27N5O. The zero-order valence-corrected chi connectivity index (χ0v) is 15.8. The molecule has 1 saturated heterocycles. The first-order valence-corrected chi connectivity index (χ1v) is 9.25. The molecule has 0 aliphatic carbocycles. The van der Waals surface area contributed by atoms with E-state index in [-0.39, 0.29) is 11.8 Å². The second-order valence-electron chi connectivity index (χ2n) is 6.86. The van der Waals surface area contributed by atoms with Crippen molar-refractivity contribution in [1.82, 2.24) is 9.97 Å². The lowest BCUT2D eigenvalue weighted by molar-refractivity contribution is -0.117. The molecule has 2 heterocycles. The molecule has 0 spiro atoms. The highest BCUT2D eigenvalue weighted by atomic mass is 16.1. The van der Waals surface area contributed by atoms with E-state index in [1.165, 1.54) is 12.8 Å². The number of carbonyl (C=O) groups excluding carboxylic acids is 1. The van der Waals surface area contributed by atoms with E-state index in [2.05, 4.69) is 15.2 Å². The highest BCUT2D eigenvalue weighted by Crippen LogP contribution is 2.27. The Bertz CT molecular complexity index is 741. The van der Waals surface area contributed by atoms with Gasteiger partial charge in [-0.15, -0.1) is 0 Å². The Morgan fingerprint density at radius 2 is 1.92 bits per heavy atom. The van der Waals surface area contributed by atoms with Gasteiger partial charge in [0, 0.05) is 27.2 Å². The average Bonchev–Trinajstić information content (AvgIpc) is 3.18. The SMILES string of the molecule is CC[C@H](C(=O)Nc1cnc(N2CCCC2)nc1N(C)C)c1ccccc1. The number of anilines is 3. The van der Waals surface area contributed by atoms with E-state index in [0.29, 0.717) is 5.69 Å².